The maximum atomic E-state index is 12.3. The highest BCUT2D eigenvalue weighted by atomic mass is 16.5. The molecule has 0 spiro atoms. The number of carbonyl (C=O) groups is 1. The Morgan fingerprint density at radius 2 is 1.84 bits per heavy atom. The van der Waals surface area contributed by atoms with Crippen molar-refractivity contribution >= 4 is 11.7 Å². The quantitative estimate of drug-likeness (QED) is 0.911. The second-order valence-corrected chi connectivity index (χ2v) is 6.65. The summed E-state index contributed by atoms with van der Waals surface area (Å²) in [7, 11) is 5.83. The summed E-state index contributed by atoms with van der Waals surface area (Å²) < 4.78 is 5.85. The average Bonchev–Trinajstić information content (AvgIpc) is 3.03. The van der Waals surface area contributed by atoms with Crippen molar-refractivity contribution < 1.29 is 9.53 Å². The maximum absolute atomic E-state index is 12.3. The van der Waals surface area contributed by atoms with Gasteiger partial charge in [0, 0.05) is 39.8 Å². The summed E-state index contributed by atoms with van der Waals surface area (Å²) >= 11 is 0. The summed E-state index contributed by atoms with van der Waals surface area (Å²) in [5, 5.41) is 2.96. The van der Waals surface area contributed by atoms with Gasteiger partial charge >= 0.3 is 6.03 Å². The number of para-hydroxylation sites is 1. The van der Waals surface area contributed by atoms with Crippen molar-refractivity contribution in [2.24, 2.45) is 0 Å². The number of hydrogen-bond donors (Lipinski definition) is 1. The second kappa shape index (κ2) is 7.47. The van der Waals surface area contributed by atoms with Crippen LogP contribution < -0.4 is 15.0 Å². The minimum absolute atomic E-state index is 0.00845. The SMILES string of the molecule is CN(Cc1ccc(N(C)C)cc1)C(=O)NC[C@@H]1Cc2ccccc2O1. The summed E-state index contributed by atoms with van der Waals surface area (Å²) in [5.74, 6) is 0.927. The highest BCUT2D eigenvalue weighted by molar-refractivity contribution is 5.73. The smallest absolute Gasteiger partial charge is 0.317 e. The van der Waals surface area contributed by atoms with E-state index in [0.29, 0.717) is 13.1 Å². The molecule has 5 nitrogen and oxygen atoms in total. The van der Waals surface area contributed by atoms with Gasteiger partial charge in [-0.1, -0.05) is 30.3 Å². The molecular weight excluding hydrogens is 314 g/mol. The zero-order valence-corrected chi connectivity index (χ0v) is 15.0. The molecule has 3 rings (SSSR count). The molecule has 0 bridgehead atoms. The third-order valence-corrected chi connectivity index (χ3v) is 4.41. The lowest BCUT2D eigenvalue weighted by Gasteiger charge is -2.20. The lowest BCUT2D eigenvalue weighted by molar-refractivity contribution is 0.191. The number of amides is 2. The van der Waals surface area contributed by atoms with Gasteiger partial charge in [-0.15, -0.1) is 0 Å². The van der Waals surface area contributed by atoms with E-state index in [-0.39, 0.29) is 12.1 Å². The Morgan fingerprint density at radius 1 is 1.12 bits per heavy atom. The van der Waals surface area contributed by atoms with Crippen LogP contribution in [0.4, 0.5) is 10.5 Å². The fourth-order valence-corrected chi connectivity index (χ4v) is 2.95. The average molecular weight is 339 g/mol. The number of ether oxygens (including phenoxy) is 1. The number of urea groups is 1. The molecule has 132 valence electrons. The van der Waals surface area contributed by atoms with Gasteiger partial charge in [-0.05, 0) is 29.3 Å². The molecule has 0 unspecified atom stereocenters. The lowest BCUT2D eigenvalue weighted by Crippen LogP contribution is -2.41. The largest absolute Gasteiger partial charge is 0.488 e. The molecule has 1 aliphatic rings. The van der Waals surface area contributed by atoms with Crippen LogP contribution in [0.2, 0.25) is 0 Å². The Bertz CT molecular complexity index is 703. The molecule has 0 aliphatic carbocycles. The molecule has 0 fully saturated rings. The molecule has 1 aliphatic heterocycles. The van der Waals surface area contributed by atoms with E-state index in [9.17, 15) is 4.79 Å². The first-order valence-corrected chi connectivity index (χ1v) is 8.52. The number of fused-ring (bicyclic) bond motifs is 1. The molecule has 25 heavy (non-hydrogen) atoms. The van der Waals surface area contributed by atoms with E-state index in [1.165, 1.54) is 5.56 Å². The molecule has 0 saturated carbocycles. The van der Waals surface area contributed by atoms with Crippen molar-refractivity contribution in [3.63, 3.8) is 0 Å². The molecule has 1 heterocycles. The van der Waals surface area contributed by atoms with Crippen molar-refractivity contribution in [2.45, 2.75) is 19.1 Å². The van der Waals surface area contributed by atoms with E-state index in [2.05, 4.69) is 40.5 Å². The zero-order chi connectivity index (χ0) is 17.8. The van der Waals surface area contributed by atoms with Gasteiger partial charge in [0.1, 0.15) is 11.9 Å². The Kier molecular flexibility index (Phi) is 5.12. The third kappa shape index (κ3) is 4.24. The van der Waals surface area contributed by atoms with Crippen LogP contribution in [0.5, 0.6) is 5.75 Å². The van der Waals surface area contributed by atoms with Crippen molar-refractivity contribution in [3.8, 4) is 5.75 Å². The van der Waals surface area contributed by atoms with Gasteiger partial charge in [-0.3, -0.25) is 0 Å². The molecular formula is C20H25N3O2. The Morgan fingerprint density at radius 3 is 2.52 bits per heavy atom. The van der Waals surface area contributed by atoms with Gasteiger partial charge in [0.05, 0.1) is 6.54 Å². The van der Waals surface area contributed by atoms with E-state index in [4.69, 9.17) is 4.74 Å². The first-order chi connectivity index (χ1) is 12.0. The van der Waals surface area contributed by atoms with Crippen LogP contribution in [0.25, 0.3) is 0 Å². The molecule has 1 atom stereocenters. The van der Waals surface area contributed by atoms with Crippen LogP contribution in [-0.2, 0) is 13.0 Å². The number of anilines is 1. The topological polar surface area (TPSA) is 44.8 Å². The summed E-state index contributed by atoms with van der Waals surface area (Å²) in [6.07, 6.45) is 0.848. The number of benzene rings is 2. The van der Waals surface area contributed by atoms with Crippen molar-refractivity contribution in [3.05, 3.63) is 59.7 Å². The molecule has 2 aromatic rings. The van der Waals surface area contributed by atoms with E-state index in [1.54, 1.807) is 11.9 Å². The number of hydrogen-bond acceptors (Lipinski definition) is 3. The number of nitrogens with zero attached hydrogens (tertiary/aromatic N) is 2. The van der Waals surface area contributed by atoms with Crippen molar-refractivity contribution in [1.29, 1.82) is 0 Å². The molecule has 5 heteroatoms. The summed E-state index contributed by atoms with van der Waals surface area (Å²) in [6.45, 7) is 1.09. The zero-order valence-electron chi connectivity index (χ0n) is 15.0. The monoisotopic (exact) mass is 339 g/mol. The Balaban J connectivity index is 1.47. The predicted octanol–water partition coefficient (Wildman–Crippen LogP) is 2.90. The lowest BCUT2D eigenvalue weighted by atomic mass is 10.1. The van der Waals surface area contributed by atoms with E-state index < -0.39 is 0 Å². The molecule has 2 aromatic carbocycles. The van der Waals surface area contributed by atoms with Gasteiger partial charge in [-0.2, -0.15) is 0 Å². The van der Waals surface area contributed by atoms with Gasteiger partial charge in [0.25, 0.3) is 0 Å². The maximum Gasteiger partial charge on any atom is 0.317 e. The first kappa shape index (κ1) is 17.1. The summed E-state index contributed by atoms with van der Waals surface area (Å²) in [4.78, 5) is 16.0. The summed E-state index contributed by atoms with van der Waals surface area (Å²) in [6, 6.07) is 16.2. The van der Waals surface area contributed by atoms with Gasteiger partial charge in [0.15, 0.2) is 0 Å². The van der Waals surface area contributed by atoms with E-state index in [1.807, 2.05) is 32.3 Å². The second-order valence-electron chi connectivity index (χ2n) is 6.65. The molecule has 0 aromatic heterocycles. The highest BCUT2D eigenvalue weighted by Gasteiger charge is 2.23. The predicted molar refractivity (Wildman–Crippen MR) is 100 cm³/mol. The van der Waals surface area contributed by atoms with Crippen LogP contribution in [-0.4, -0.2) is 44.7 Å². The van der Waals surface area contributed by atoms with Gasteiger partial charge in [0.2, 0.25) is 0 Å². The molecule has 2 amide bonds. The van der Waals surface area contributed by atoms with Gasteiger partial charge < -0.3 is 19.9 Å². The first-order valence-electron chi connectivity index (χ1n) is 8.52. The normalized spacial score (nSPS) is 15.2. The van der Waals surface area contributed by atoms with Gasteiger partial charge in [-0.25, -0.2) is 4.79 Å². The van der Waals surface area contributed by atoms with Crippen LogP contribution >= 0.6 is 0 Å². The Hall–Kier alpha value is -2.69. The van der Waals surface area contributed by atoms with Crippen LogP contribution in [0.15, 0.2) is 48.5 Å². The molecule has 1 N–H and O–H groups in total. The van der Waals surface area contributed by atoms with Crippen LogP contribution in [0.3, 0.4) is 0 Å². The number of carbonyl (C=O) groups excluding carboxylic acids is 1. The fourth-order valence-electron chi connectivity index (χ4n) is 2.95. The minimum atomic E-state index is -0.0868. The molecule has 0 saturated heterocycles. The fraction of sp³-hybridized carbons (Fsp3) is 0.350. The number of rotatable bonds is 5. The van der Waals surface area contributed by atoms with Crippen LogP contribution in [0, 0.1) is 0 Å². The highest BCUT2D eigenvalue weighted by Crippen LogP contribution is 2.27. The van der Waals surface area contributed by atoms with Crippen molar-refractivity contribution in [2.75, 3.05) is 32.6 Å². The minimum Gasteiger partial charge on any atom is -0.488 e. The van der Waals surface area contributed by atoms with E-state index in [0.717, 1.165) is 23.4 Å². The summed E-state index contributed by atoms with van der Waals surface area (Å²) in [5.41, 5.74) is 3.46. The number of nitrogens with one attached hydrogen (secondary N) is 1. The third-order valence-electron chi connectivity index (χ3n) is 4.41. The molecule has 0 radical (unpaired) electrons. The van der Waals surface area contributed by atoms with Crippen molar-refractivity contribution in [1.82, 2.24) is 10.2 Å². The van der Waals surface area contributed by atoms with E-state index >= 15 is 0 Å². The Labute approximate surface area is 149 Å². The standard InChI is InChI=1S/C20H25N3O2/c1-22(2)17-10-8-15(9-11-17)14-23(3)20(24)21-13-18-12-16-6-4-5-7-19(16)25-18/h4-11,18H,12-14H2,1-3H3,(H,21,24)/t18-/m0/s1. The van der Waals surface area contributed by atoms with Crippen LogP contribution in [0.1, 0.15) is 11.1 Å².